The number of amides is 1. The number of aromatic nitrogens is 3. The van der Waals surface area contributed by atoms with Gasteiger partial charge in [-0.3, -0.25) is 9.48 Å². The Labute approximate surface area is 125 Å². The molecule has 1 N–H and O–H groups in total. The van der Waals surface area contributed by atoms with Crippen molar-refractivity contribution < 1.29 is 9.53 Å². The number of rotatable bonds is 5. The molecule has 1 amide bonds. The van der Waals surface area contributed by atoms with Crippen LogP contribution in [0.1, 0.15) is 51.1 Å². The average molecular weight is 292 g/mol. The largest absolute Gasteiger partial charge is 0.380 e. The maximum Gasteiger partial charge on any atom is 0.228 e. The lowest BCUT2D eigenvalue weighted by atomic mass is 9.83. The van der Waals surface area contributed by atoms with Crippen molar-refractivity contribution in [3.63, 3.8) is 0 Å². The number of nitrogens with one attached hydrogen (secondary N) is 1. The molecule has 1 saturated heterocycles. The van der Waals surface area contributed by atoms with Crippen LogP contribution < -0.4 is 5.32 Å². The first kappa shape index (κ1) is 14.5. The van der Waals surface area contributed by atoms with E-state index in [1.54, 1.807) is 0 Å². The summed E-state index contributed by atoms with van der Waals surface area (Å²) in [6, 6.07) is 0.0324. The van der Waals surface area contributed by atoms with Crippen LogP contribution in [-0.4, -0.2) is 40.2 Å². The van der Waals surface area contributed by atoms with E-state index in [1.165, 1.54) is 12.8 Å². The van der Waals surface area contributed by atoms with Gasteiger partial charge in [-0.2, -0.15) is 0 Å². The Kier molecular flexibility index (Phi) is 3.97. The third-order valence-corrected chi connectivity index (χ3v) is 4.38. The SMILES string of the molecule is C[C@@H](Cn1cc(C2CC2)nn1)NC(=O)C1(C)CCCOC1. The summed E-state index contributed by atoms with van der Waals surface area (Å²) < 4.78 is 7.29. The van der Waals surface area contributed by atoms with E-state index >= 15 is 0 Å². The van der Waals surface area contributed by atoms with Crippen molar-refractivity contribution in [2.75, 3.05) is 13.2 Å². The number of ether oxygens (including phenoxy) is 1. The quantitative estimate of drug-likeness (QED) is 0.892. The molecule has 2 heterocycles. The highest BCUT2D eigenvalue weighted by Gasteiger charge is 2.36. The first-order chi connectivity index (χ1) is 10.1. The summed E-state index contributed by atoms with van der Waals surface area (Å²) in [5.41, 5.74) is 0.690. The number of hydrogen-bond acceptors (Lipinski definition) is 4. The van der Waals surface area contributed by atoms with Gasteiger partial charge in [0.25, 0.3) is 0 Å². The fraction of sp³-hybridized carbons (Fsp3) is 0.800. The molecule has 2 aliphatic rings. The molecule has 6 nitrogen and oxygen atoms in total. The van der Waals surface area contributed by atoms with Crippen molar-refractivity contribution in [2.45, 2.75) is 58.0 Å². The van der Waals surface area contributed by atoms with Crippen LogP contribution in [0.25, 0.3) is 0 Å². The van der Waals surface area contributed by atoms with Crippen molar-refractivity contribution in [1.82, 2.24) is 20.3 Å². The Hall–Kier alpha value is -1.43. The molecule has 0 radical (unpaired) electrons. The van der Waals surface area contributed by atoms with E-state index in [9.17, 15) is 4.79 Å². The molecule has 6 heteroatoms. The van der Waals surface area contributed by atoms with Gasteiger partial charge >= 0.3 is 0 Å². The van der Waals surface area contributed by atoms with Gasteiger partial charge in [-0.05, 0) is 39.5 Å². The predicted octanol–water partition coefficient (Wildman–Crippen LogP) is 1.48. The van der Waals surface area contributed by atoms with Crippen molar-refractivity contribution in [2.24, 2.45) is 5.41 Å². The van der Waals surface area contributed by atoms with Gasteiger partial charge < -0.3 is 10.1 Å². The van der Waals surface area contributed by atoms with E-state index in [0.29, 0.717) is 19.1 Å². The topological polar surface area (TPSA) is 69.0 Å². The molecule has 0 aromatic carbocycles. The maximum atomic E-state index is 12.4. The lowest BCUT2D eigenvalue weighted by molar-refractivity contribution is -0.138. The minimum absolute atomic E-state index is 0.0324. The van der Waals surface area contributed by atoms with E-state index in [4.69, 9.17) is 4.74 Å². The molecule has 0 bridgehead atoms. The van der Waals surface area contributed by atoms with E-state index in [2.05, 4.69) is 15.6 Å². The zero-order valence-electron chi connectivity index (χ0n) is 12.8. The van der Waals surface area contributed by atoms with E-state index in [1.807, 2.05) is 24.7 Å². The number of carbonyl (C=O) groups is 1. The molecule has 1 aliphatic carbocycles. The van der Waals surface area contributed by atoms with Crippen LogP contribution >= 0.6 is 0 Å². The second kappa shape index (κ2) is 5.75. The molecule has 1 unspecified atom stereocenters. The van der Waals surface area contributed by atoms with Gasteiger partial charge in [-0.1, -0.05) is 5.21 Å². The monoisotopic (exact) mass is 292 g/mol. The minimum atomic E-state index is -0.395. The Bertz CT molecular complexity index is 504. The molecule has 116 valence electrons. The summed E-state index contributed by atoms with van der Waals surface area (Å²) in [5, 5.41) is 11.4. The smallest absolute Gasteiger partial charge is 0.228 e. The van der Waals surface area contributed by atoms with Crippen molar-refractivity contribution in [3.8, 4) is 0 Å². The molecule has 2 atom stereocenters. The summed E-state index contributed by atoms with van der Waals surface area (Å²) in [6.07, 6.45) is 6.30. The molecule has 21 heavy (non-hydrogen) atoms. The number of hydrogen-bond donors (Lipinski definition) is 1. The molecule has 1 saturated carbocycles. The second-order valence-corrected chi connectivity index (χ2v) is 6.73. The summed E-state index contributed by atoms with van der Waals surface area (Å²) in [4.78, 5) is 12.4. The second-order valence-electron chi connectivity index (χ2n) is 6.73. The van der Waals surface area contributed by atoms with Crippen LogP contribution in [-0.2, 0) is 16.1 Å². The molecule has 1 aromatic heterocycles. The van der Waals surface area contributed by atoms with Crippen molar-refractivity contribution in [1.29, 1.82) is 0 Å². The normalized spacial score (nSPS) is 27.3. The van der Waals surface area contributed by atoms with Gasteiger partial charge in [0, 0.05) is 24.8 Å². The summed E-state index contributed by atoms with van der Waals surface area (Å²) in [7, 11) is 0. The predicted molar refractivity (Wildman–Crippen MR) is 77.8 cm³/mol. The molecule has 1 aliphatic heterocycles. The third-order valence-electron chi connectivity index (χ3n) is 4.38. The molecule has 3 rings (SSSR count). The van der Waals surface area contributed by atoms with Crippen LogP contribution in [0.3, 0.4) is 0 Å². The van der Waals surface area contributed by atoms with Gasteiger partial charge in [0.05, 0.1) is 24.3 Å². The average Bonchev–Trinajstić information content (AvgIpc) is 3.20. The first-order valence-electron chi connectivity index (χ1n) is 7.85. The van der Waals surface area contributed by atoms with E-state index in [-0.39, 0.29) is 11.9 Å². The zero-order chi connectivity index (χ0) is 14.9. The van der Waals surface area contributed by atoms with Gasteiger partial charge in [0.2, 0.25) is 5.91 Å². The summed E-state index contributed by atoms with van der Waals surface area (Å²) >= 11 is 0. The fourth-order valence-electron chi connectivity index (χ4n) is 2.81. The van der Waals surface area contributed by atoms with E-state index in [0.717, 1.165) is 25.1 Å². The lowest BCUT2D eigenvalue weighted by Gasteiger charge is -2.33. The molecular weight excluding hydrogens is 268 g/mol. The Morgan fingerprint density at radius 1 is 1.62 bits per heavy atom. The fourth-order valence-corrected chi connectivity index (χ4v) is 2.81. The van der Waals surface area contributed by atoms with Crippen LogP contribution in [0, 0.1) is 5.41 Å². The van der Waals surface area contributed by atoms with Gasteiger partial charge in [0.15, 0.2) is 0 Å². The molecular formula is C15H24N4O2. The van der Waals surface area contributed by atoms with Crippen molar-refractivity contribution >= 4 is 5.91 Å². The molecule has 1 aromatic rings. The Morgan fingerprint density at radius 3 is 3.10 bits per heavy atom. The minimum Gasteiger partial charge on any atom is -0.380 e. The highest BCUT2D eigenvalue weighted by Crippen LogP contribution is 2.38. The highest BCUT2D eigenvalue weighted by atomic mass is 16.5. The third kappa shape index (κ3) is 3.43. The number of carbonyl (C=O) groups excluding carboxylic acids is 1. The Morgan fingerprint density at radius 2 is 2.43 bits per heavy atom. The van der Waals surface area contributed by atoms with Gasteiger partial charge in [0.1, 0.15) is 0 Å². The van der Waals surface area contributed by atoms with Crippen molar-refractivity contribution in [3.05, 3.63) is 11.9 Å². The Balaban J connectivity index is 1.52. The lowest BCUT2D eigenvalue weighted by Crippen LogP contribution is -2.48. The zero-order valence-corrected chi connectivity index (χ0v) is 12.8. The maximum absolute atomic E-state index is 12.4. The summed E-state index contributed by atoms with van der Waals surface area (Å²) in [5.74, 6) is 0.694. The molecule has 0 spiro atoms. The van der Waals surface area contributed by atoms with Gasteiger partial charge in [-0.15, -0.1) is 5.10 Å². The van der Waals surface area contributed by atoms with E-state index < -0.39 is 5.41 Å². The van der Waals surface area contributed by atoms with Crippen LogP contribution in [0.15, 0.2) is 6.20 Å². The van der Waals surface area contributed by atoms with Gasteiger partial charge in [-0.25, -0.2) is 0 Å². The van der Waals surface area contributed by atoms with Crippen LogP contribution in [0.5, 0.6) is 0 Å². The van der Waals surface area contributed by atoms with Crippen LogP contribution in [0.4, 0.5) is 0 Å². The standard InChI is InChI=1S/C15H24N4O2/c1-11(8-19-9-13(17-18-19)12-4-5-12)16-14(20)15(2)6-3-7-21-10-15/h9,11-12H,3-8,10H2,1-2H3,(H,16,20)/t11-,15?/m0/s1. The molecule has 2 fully saturated rings. The summed E-state index contributed by atoms with van der Waals surface area (Å²) in [6.45, 7) is 5.92. The first-order valence-corrected chi connectivity index (χ1v) is 7.85. The highest BCUT2D eigenvalue weighted by molar-refractivity contribution is 5.82. The van der Waals surface area contributed by atoms with Crippen LogP contribution in [0.2, 0.25) is 0 Å². The number of nitrogens with zero attached hydrogens (tertiary/aromatic N) is 3.